The van der Waals surface area contributed by atoms with Gasteiger partial charge in [-0.05, 0) is 19.3 Å². The molecule has 2 unspecified atom stereocenters. The predicted octanol–water partition coefficient (Wildman–Crippen LogP) is 2.06. The number of aliphatic hydroxyl groups is 1. The fraction of sp³-hybridized carbons (Fsp3) is 1.00. The zero-order valence-electron chi connectivity index (χ0n) is 12.5. The van der Waals surface area contributed by atoms with Crippen molar-refractivity contribution in [1.29, 1.82) is 0 Å². The van der Waals surface area contributed by atoms with E-state index in [1.54, 1.807) is 0 Å². The molecule has 5 rings (SSSR count). The van der Waals surface area contributed by atoms with Gasteiger partial charge in [-0.15, -0.1) is 0 Å². The van der Waals surface area contributed by atoms with Crippen molar-refractivity contribution in [2.45, 2.75) is 64.1 Å². The van der Waals surface area contributed by atoms with Crippen LogP contribution in [0.15, 0.2) is 0 Å². The molecule has 1 aliphatic carbocycles. The third-order valence-electron chi connectivity index (χ3n) is 6.69. The van der Waals surface area contributed by atoms with Crippen LogP contribution in [0.2, 0.25) is 0 Å². The number of aliphatic hydroxyl groups excluding tert-OH is 1. The highest BCUT2D eigenvalue weighted by molar-refractivity contribution is 5.18. The predicted molar refractivity (Wildman–Crippen MR) is 75.8 cm³/mol. The zero-order chi connectivity index (χ0) is 13.3. The molecule has 5 aliphatic rings. The summed E-state index contributed by atoms with van der Waals surface area (Å²) >= 11 is 0. The quantitative estimate of drug-likeness (QED) is 0.827. The maximum absolute atomic E-state index is 10.9. The molecular weight excluding hydrogens is 236 g/mol. The lowest BCUT2D eigenvalue weighted by Gasteiger charge is -2.73. The Morgan fingerprint density at radius 1 is 1.05 bits per heavy atom. The molecule has 4 aliphatic heterocycles. The second-order valence-electron chi connectivity index (χ2n) is 8.07. The van der Waals surface area contributed by atoms with E-state index in [1.165, 1.54) is 38.5 Å². The van der Waals surface area contributed by atoms with Crippen molar-refractivity contribution < 1.29 is 5.11 Å². The molecule has 1 N–H and O–H groups in total. The van der Waals surface area contributed by atoms with Gasteiger partial charge in [0.25, 0.3) is 0 Å². The first-order valence-electron chi connectivity index (χ1n) is 8.23. The van der Waals surface area contributed by atoms with Crippen molar-refractivity contribution in [3.05, 3.63) is 0 Å². The average molecular weight is 264 g/mol. The summed E-state index contributed by atoms with van der Waals surface area (Å²) in [5, 5.41) is 10.9. The first kappa shape index (κ1) is 12.6. The molecule has 3 nitrogen and oxygen atoms in total. The van der Waals surface area contributed by atoms with E-state index in [2.05, 4.69) is 23.6 Å². The number of nitrogens with zero attached hydrogens (tertiary/aromatic N) is 2. The van der Waals surface area contributed by atoms with Crippen LogP contribution in [0.25, 0.3) is 0 Å². The Kier molecular flexibility index (Phi) is 2.49. The van der Waals surface area contributed by atoms with E-state index in [9.17, 15) is 5.11 Å². The van der Waals surface area contributed by atoms with Gasteiger partial charge in [0, 0.05) is 37.0 Å². The standard InChI is InChI=1S/C16H28N2O/c1-3-6-15-11-17-9-14(2,13(15)19)10-18(12-15)16(17)7-4-5-8-16/h13,19H,3-12H2,1-2H3/t13-,14?,15?/m0/s1. The van der Waals surface area contributed by atoms with Gasteiger partial charge in [-0.25, -0.2) is 0 Å². The fourth-order valence-corrected chi connectivity index (χ4v) is 6.08. The molecule has 0 aromatic rings. The topological polar surface area (TPSA) is 26.7 Å². The fourth-order valence-electron chi connectivity index (χ4n) is 6.08. The monoisotopic (exact) mass is 264 g/mol. The lowest BCUT2D eigenvalue weighted by atomic mass is 9.57. The first-order valence-corrected chi connectivity index (χ1v) is 8.23. The van der Waals surface area contributed by atoms with Gasteiger partial charge in [0.1, 0.15) is 0 Å². The Hall–Kier alpha value is -0.120. The molecule has 4 heterocycles. The molecule has 4 saturated heterocycles. The summed E-state index contributed by atoms with van der Waals surface area (Å²) in [6.45, 7) is 9.13. The second kappa shape index (κ2) is 3.75. The first-order chi connectivity index (χ1) is 9.05. The van der Waals surface area contributed by atoms with Gasteiger partial charge < -0.3 is 5.11 Å². The van der Waals surface area contributed by atoms with Gasteiger partial charge in [0.05, 0.1) is 11.8 Å². The molecular formula is C16H28N2O. The molecule has 1 spiro atoms. The lowest BCUT2D eigenvalue weighted by molar-refractivity contribution is -0.292. The maximum Gasteiger partial charge on any atom is 0.0738 e. The van der Waals surface area contributed by atoms with Crippen LogP contribution in [-0.4, -0.2) is 52.9 Å². The third-order valence-corrected chi connectivity index (χ3v) is 6.69. The van der Waals surface area contributed by atoms with Gasteiger partial charge in [-0.1, -0.05) is 33.1 Å². The van der Waals surface area contributed by atoms with E-state index in [0.717, 1.165) is 26.2 Å². The molecule has 3 atom stereocenters. The van der Waals surface area contributed by atoms with Crippen LogP contribution in [0.5, 0.6) is 0 Å². The van der Waals surface area contributed by atoms with Crippen molar-refractivity contribution in [3.8, 4) is 0 Å². The van der Waals surface area contributed by atoms with Crippen LogP contribution < -0.4 is 0 Å². The van der Waals surface area contributed by atoms with Crippen LogP contribution >= 0.6 is 0 Å². The zero-order valence-corrected chi connectivity index (χ0v) is 12.5. The van der Waals surface area contributed by atoms with Crippen molar-refractivity contribution in [2.24, 2.45) is 10.8 Å². The Labute approximate surface area is 117 Å². The highest BCUT2D eigenvalue weighted by Crippen LogP contribution is 2.58. The highest BCUT2D eigenvalue weighted by Gasteiger charge is 2.67. The van der Waals surface area contributed by atoms with Crippen molar-refractivity contribution >= 4 is 0 Å². The van der Waals surface area contributed by atoms with Crippen LogP contribution in [0.4, 0.5) is 0 Å². The number of rotatable bonds is 2. The number of hydrogen-bond acceptors (Lipinski definition) is 3. The Balaban J connectivity index is 1.74. The van der Waals surface area contributed by atoms with E-state index in [-0.39, 0.29) is 16.9 Å². The van der Waals surface area contributed by atoms with Crippen LogP contribution in [-0.2, 0) is 0 Å². The van der Waals surface area contributed by atoms with Gasteiger partial charge >= 0.3 is 0 Å². The minimum atomic E-state index is -0.0915. The summed E-state index contributed by atoms with van der Waals surface area (Å²) in [6, 6.07) is 0. The smallest absolute Gasteiger partial charge is 0.0738 e. The Bertz CT molecular complexity index is 370. The highest BCUT2D eigenvalue weighted by atomic mass is 16.3. The maximum atomic E-state index is 10.9. The second-order valence-corrected chi connectivity index (χ2v) is 8.07. The summed E-state index contributed by atoms with van der Waals surface area (Å²) in [7, 11) is 0. The average Bonchev–Trinajstić information content (AvgIpc) is 2.82. The summed E-state index contributed by atoms with van der Waals surface area (Å²) in [5.74, 6) is 0. The lowest BCUT2D eigenvalue weighted by Crippen LogP contribution is -2.83. The van der Waals surface area contributed by atoms with E-state index < -0.39 is 0 Å². The molecule has 19 heavy (non-hydrogen) atoms. The molecule has 1 saturated carbocycles. The molecule has 0 aromatic carbocycles. The minimum absolute atomic E-state index is 0.0915. The van der Waals surface area contributed by atoms with E-state index in [4.69, 9.17) is 0 Å². The molecule has 5 fully saturated rings. The minimum Gasteiger partial charge on any atom is -0.392 e. The third kappa shape index (κ3) is 1.39. The molecule has 0 radical (unpaired) electrons. The largest absolute Gasteiger partial charge is 0.392 e. The van der Waals surface area contributed by atoms with Crippen LogP contribution in [0.1, 0.15) is 52.4 Å². The van der Waals surface area contributed by atoms with E-state index >= 15 is 0 Å². The summed E-state index contributed by atoms with van der Waals surface area (Å²) in [4.78, 5) is 5.55. The van der Waals surface area contributed by atoms with Gasteiger partial charge in [0.2, 0.25) is 0 Å². The van der Waals surface area contributed by atoms with Crippen LogP contribution in [0.3, 0.4) is 0 Å². The van der Waals surface area contributed by atoms with Gasteiger partial charge in [0.15, 0.2) is 0 Å². The molecule has 3 heteroatoms. The van der Waals surface area contributed by atoms with Crippen molar-refractivity contribution in [3.63, 3.8) is 0 Å². The van der Waals surface area contributed by atoms with Gasteiger partial charge in [-0.2, -0.15) is 0 Å². The molecule has 4 bridgehead atoms. The van der Waals surface area contributed by atoms with Crippen LogP contribution in [0, 0.1) is 10.8 Å². The van der Waals surface area contributed by atoms with E-state index in [1.807, 2.05) is 0 Å². The number of piperidine rings is 2. The molecule has 0 aromatic heterocycles. The van der Waals surface area contributed by atoms with Crippen molar-refractivity contribution in [2.75, 3.05) is 26.2 Å². The summed E-state index contributed by atoms with van der Waals surface area (Å²) in [6.07, 6.45) is 7.81. The molecule has 108 valence electrons. The van der Waals surface area contributed by atoms with Gasteiger partial charge in [-0.3, -0.25) is 9.80 Å². The SMILES string of the molecule is CCCC12CN3CC(C)(CN(C1)C31CCCC1)[C@@H]2O. The van der Waals surface area contributed by atoms with Crippen molar-refractivity contribution in [1.82, 2.24) is 9.80 Å². The van der Waals surface area contributed by atoms with E-state index in [0.29, 0.717) is 5.66 Å². The summed E-state index contributed by atoms with van der Waals surface area (Å²) in [5.41, 5.74) is 0.657. The Morgan fingerprint density at radius 3 is 2.16 bits per heavy atom. The summed E-state index contributed by atoms with van der Waals surface area (Å²) < 4.78 is 0. The number of hydrogen-bond donors (Lipinski definition) is 1. The normalized spacial score (nSPS) is 54.2. The Morgan fingerprint density at radius 2 is 1.63 bits per heavy atom. The molecule has 0 amide bonds.